The van der Waals surface area contributed by atoms with E-state index in [0.717, 1.165) is 12.5 Å². The molecule has 68 valence electrons. The van der Waals surface area contributed by atoms with Gasteiger partial charge >= 0.3 is 0 Å². The summed E-state index contributed by atoms with van der Waals surface area (Å²) in [4.78, 5) is 2.41. The van der Waals surface area contributed by atoms with Gasteiger partial charge in [-0.1, -0.05) is 11.6 Å². The minimum absolute atomic E-state index is 0.341. The molecule has 0 aromatic heterocycles. The van der Waals surface area contributed by atoms with E-state index in [1.54, 1.807) is 5.57 Å². The van der Waals surface area contributed by atoms with Gasteiger partial charge in [-0.25, -0.2) is 0 Å². The third kappa shape index (κ3) is 1.19. The maximum atomic E-state index is 9.11. The minimum Gasteiger partial charge on any atom is -0.395 e. The minimum atomic E-state index is 0.341. The first-order chi connectivity index (χ1) is 5.85. The van der Waals surface area contributed by atoms with Crippen LogP contribution in [-0.4, -0.2) is 35.7 Å². The topological polar surface area (TPSA) is 23.5 Å². The molecule has 3 aliphatic rings. The summed E-state index contributed by atoms with van der Waals surface area (Å²) in [6, 6.07) is 0.451. The van der Waals surface area contributed by atoms with E-state index in [1.165, 1.54) is 19.4 Å². The molecular weight excluding hydrogens is 150 g/mol. The highest BCUT2D eigenvalue weighted by molar-refractivity contribution is 5.15. The van der Waals surface area contributed by atoms with Crippen LogP contribution in [-0.2, 0) is 0 Å². The monoisotopic (exact) mass is 167 g/mol. The van der Waals surface area contributed by atoms with E-state index in [4.69, 9.17) is 5.11 Å². The number of allylic oxidation sites excluding steroid dienone is 1. The number of aliphatic hydroxyl groups is 1. The molecule has 3 saturated heterocycles. The van der Waals surface area contributed by atoms with Crippen molar-refractivity contribution < 1.29 is 5.11 Å². The van der Waals surface area contributed by atoms with Crippen LogP contribution in [0, 0.1) is 5.92 Å². The van der Waals surface area contributed by atoms with Crippen molar-refractivity contribution in [1.82, 2.24) is 4.90 Å². The Hall–Kier alpha value is -0.340. The van der Waals surface area contributed by atoms with Crippen LogP contribution in [0.3, 0.4) is 0 Å². The van der Waals surface area contributed by atoms with Gasteiger partial charge in [-0.15, -0.1) is 0 Å². The lowest BCUT2D eigenvalue weighted by Crippen LogP contribution is -2.51. The first kappa shape index (κ1) is 8.27. The van der Waals surface area contributed by atoms with Crippen molar-refractivity contribution in [3.63, 3.8) is 0 Å². The molecule has 2 heteroatoms. The lowest BCUT2D eigenvalue weighted by atomic mass is 9.80. The van der Waals surface area contributed by atoms with Crippen LogP contribution >= 0.6 is 0 Å². The standard InChI is InChI=1S/C10H17NO/c1-2-8-6-11-4-3-9(8)5-10(11)7-12/h2,9-10,12H,3-7H2,1H3/b8-2-/t9-,10-/m0/s1. The molecule has 3 heterocycles. The number of fused-ring (bicyclic) bond motifs is 3. The molecular formula is C10H17NO. The number of hydrogen-bond donors (Lipinski definition) is 1. The fourth-order valence-electron chi connectivity index (χ4n) is 2.53. The summed E-state index contributed by atoms with van der Waals surface area (Å²) >= 11 is 0. The van der Waals surface area contributed by atoms with E-state index in [-0.39, 0.29) is 0 Å². The van der Waals surface area contributed by atoms with Crippen molar-refractivity contribution in [1.29, 1.82) is 0 Å². The largest absolute Gasteiger partial charge is 0.395 e. The second-order valence-corrected chi connectivity index (χ2v) is 3.89. The SMILES string of the molecule is C/C=C1/CN2CC[C@H]1C[C@H]2CO. The molecule has 0 aromatic rings. The lowest BCUT2D eigenvalue weighted by Gasteiger charge is -2.46. The highest BCUT2D eigenvalue weighted by atomic mass is 16.3. The summed E-state index contributed by atoms with van der Waals surface area (Å²) in [5.74, 6) is 0.775. The summed E-state index contributed by atoms with van der Waals surface area (Å²) in [6.45, 7) is 4.76. The number of piperidine rings is 3. The molecule has 3 aliphatic heterocycles. The smallest absolute Gasteiger partial charge is 0.0587 e. The molecule has 3 atom stereocenters. The highest BCUT2D eigenvalue weighted by Gasteiger charge is 2.35. The van der Waals surface area contributed by atoms with Crippen LogP contribution in [0.1, 0.15) is 19.8 Å². The molecule has 1 unspecified atom stereocenters. The predicted molar refractivity (Wildman–Crippen MR) is 48.9 cm³/mol. The van der Waals surface area contributed by atoms with Gasteiger partial charge in [0.2, 0.25) is 0 Å². The van der Waals surface area contributed by atoms with Crippen LogP contribution in [0.2, 0.25) is 0 Å². The highest BCUT2D eigenvalue weighted by Crippen LogP contribution is 2.35. The summed E-state index contributed by atoms with van der Waals surface area (Å²) < 4.78 is 0. The molecule has 0 amide bonds. The normalized spacial score (nSPS) is 43.8. The number of hydrogen-bond acceptors (Lipinski definition) is 2. The predicted octanol–water partition coefficient (Wildman–Crippen LogP) is 1.02. The van der Waals surface area contributed by atoms with Crippen LogP contribution in [0.15, 0.2) is 11.6 Å². The summed E-state index contributed by atoms with van der Waals surface area (Å²) in [6.07, 6.45) is 4.73. The van der Waals surface area contributed by atoms with Gasteiger partial charge in [-0.2, -0.15) is 0 Å². The molecule has 1 N–H and O–H groups in total. The van der Waals surface area contributed by atoms with Crippen molar-refractivity contribution >= 4 is 0 Å². The molecule has 0 radical (unpaired) electrons. The molecule has 12 heavy (non-hydrogen) atoms. The maximum absolute atomic E-state index is 9.11. The molecule has 0 aliphatic carbocycles. The van der Waals surface area contributed by atoms with Gasteiger partial charge in [0.25, 0.3) is 0 Å². The van der Waals surface area contributed by atoms with Gasteiger partial charge in [-0.05, 0) is 32.2 Å². The Labute approximate surface area is 73.9 Å². The lowest BCUT2D eigenvalue weighted by molar-refractivity contribution is 0.0494. The third-order valence-corrected chi connectivity index (χ3v) is 3.33. The van der Waals surface area contributed by atoms with Gasteiger partial charge in [0, 0.05) is 12.6 Å². The van der Waals surface area contributed by atoms with Crippen LogP contribution in [0.25, 0.3) is 0 Å². The van der Waals surface area contributed by atoms with Gasteiger partial charge in [0.15, 0.2) is 0 Å². The summed E-state index contributed by atoms with van der Waals surface area (Å²) in [5.41, 5.74) is 1.59. The van der Waals surface area contributed by atoms with Crippen LogP contribution < -0.4 is 0 Å². The van der Waals surface area contributed by atoms with E-state index in [9.17, 15) is 0 Å². The fraction of sp³-hybridized carbons (Fsp3) is 0.800. The second-order valence-electron chi connectivity index (χ2n) is 3.89. The number of nitrogens with zero attached hydrogens (tertiary/aromatic N) is 1. The second kappa shape index (κ2) is 3.19. The van der Waals surface area contributed by atoms with E-state index < -0.39 is 0 Å². The number of rotatable bonds is 1. The Morgan fingerprint density at radius 3 is 3.00 bits per heavy atom. The molecule has 3 rings (SSSR count). The maximum Gasteiger partial charge on any atom is 0.0587 e. The van der Waals surface area contributed by atoms with Crippen molar-refractivity contribution in [2.75, 3.05) is 19.7 Å². The quantitative estimate of drug-likeness (QED) is 0.589. The zero-order chi connectivity index (χ0) is 8.55. The first-order valence-corrected chi connectivity index (χ1v) is 4.85. The summed E-state index contributed by atoms with van der Waals surface area (Å²) in [7, 11) is 0. The molecule has 3 fully saturated rings. The summed E-state index contributed by atoms with van der Waals surface area (Å²) in [5, 5.41) is 9.11. The van der Waals surface area contributed by atoms with E-state index in [1.807, 2.05) is 0 Å². The van der Waals surface area contributed by atoms with E-state index >= 15 is 0 Å². The van der Waals surface area contributed by atoms with E-state index in [2.05, 4.69) is 17.9 Å². The van der Waals surface area contributed by atoms with Crippen molar-refractivity contribution in [2.24, 2.45) is 5.92 Å². The van der Waals surface area contributed by atoms with Crippen LogP contribution in [0.4, 0.5) is 0 Å². The van der Waals surface area contributed by atoms with Crippen molar-refractivity contribution in [2.45, 2.75) is 25.8 Å². The Morgan fingerprint density at radius 1 is 1.67 bits per heavy atom. The zero-order valence-electron chi connectivity index (χ0n) is 7.66. The average Bonchev–Trinajstić information content (AvgIpc) is 2.18. The molecule has 0 spiro atoms. The van der Waals surface area contributed by atoms with Gasteiger partial charge in [0.05, 0.1) is 6.61 Å². The third-order valence-electron chi connectivity index (χ3n) is 3.33. The molecule has 0 aromatic carbocycles. The Kier molecular flexibility index (Phi) is 2.20. The van der Waals surface area contributed by atoms with Crippen LogP contribution in [0.5, 0.6) is 0 Å². The van der Waals surface area contributed by atoms with Gasteiger partial charge < -0.3 is 5.11 Å². The molecule has 2 bridgehead atoms. The van der Waals surface area contributed by atoms with Crippen molar-refractivity contribution in [3.8, 4) is 0 Å². The molecule has 0 saturated carbocycles. The fourth-order valence-corrected chi connectivity index (χ4v) is 2.53. The first-order valence-electron chi connectivity index (χ1n) is 4.85. The average molecular weight is 167 g/mol. The number of aliphatic hydroxyl groups excluding tert-OH is 1. The van der Waals surface area contributed by atoms with Crippen molar-refractivity contribution in [3.05, 3.63) is 11.6 Å². The Balaban J connectivity index is 2.11. The zero-order valence-corrected chi connectivity index (χ0v) is 7.66. The van der Waals surface area contributed by atoms with Gasteiger partial charge in [-0.3, -0.25) is 4.90 Å². The Morgan fingerprint density at radius 2 is 2.50 bits per heavy atom. The van der Waals surface area contributed by atoms with Gasteiger partial charge in [0.1, 0.15) is 0 Å². The molecule has 2 nitrogen and oxygen atoms in total. The van der Waals surface area contributed by atoms with E-state index in [0.29, 0.717) is 12.6 Å². The Bertz CT molecular complexity index is 200.